The summed E-state index contributed by atoms with van der Waals surface area (Å²) in [6.45, 7) is 7.13. The molecule has 0 saturated carbocycles. The van der Waals surface area contributed by atoms with E-state index in [4.69, 9.17) is 4.74 Å². The Labute approximate surface area is 91.6 Å². The molecular formula is C13H18NO. The maximum atomic E-state index is 5.88. The van der Waals surface area contributed by atoms with Crippen LogP contribution in [0.5, 0.6) is 5.75 Å². The summed E-state index contributed by atoms with van der Waals surface area (Å²) in [6.07, 6.45) is 2.70. The van der Waals surface area contributed by atoms with Crippen LogP contribution in [-0.4, -0.2) is 18.7 Å². The van der Waals surface area contributed by atoms with Crippen molar-refractivity contribution in [2.45, 2.75) is 31.9 Å². The van der Waals surface area contributed by atoms with Gasteiger partial charge in [0.15, 0.2) is 0 Å². The summed E-state index contributed by atoms with van der Waals surface area (Å²) in [5, 5.41) is 3.45. The van der Waals surface area contributed by atoms with Gasteiger partial charge >= 0.3 is 0 Å². The van der Waals surface area contributed by atoms with E-state index in [1.54, 1.807) is 0 Å². The monoisotopic (exact) mass is 204 g/mol. The molecule has 0 bridgehead atoms. The predicted molar refractivity (Wildman–Crippen MR) is 62.0 cm³/mol. The summed E-state index contributed by atoms with van der Waals surface area (Å²) in [4.78, 5) is 0. The Morgan fingerprint density at radius 2 is 2.40 bits per heavy atom. The van der Waals surface area contributed by atoms with Crippen molar-refractivity contribution >= 4 is 0 Å². The molecule has 81 valence electrons. The van der Waals surface area contributed by atoms with Crippen molar-refractivity contribution in [2.24, 2.45) is 0 Å². The summed E-state index contributed by atoms with van der Waals surface area (Å²) in [7, 11) is 0. The number of hydrogen-bond donors (Lipinski definition) is 1. The Hall–Kier alpha value is -1.02. The summed E-state index contributed by atoms with van der Waals surface area (Å²) in [5.74, 6) is 0.920. The average Bonchev–Trinajstić information content (AvgIpc) is 2.70. The molecule has 1 N–H and O–H groups in total. The van der Waals surface area contributed by atoms with Gasteiger partial charge in [0.25, 0.3) is 0 Å². The van der Waals surface area contributed by atoms with Crippen molar-refractivity contribution in [1.82, 2.24) is 5.32 Å². The molecule has 2 unspecified atom stereocenters. The molecule has 2 rings (SSSR count). The van der Waals surface area contributed by atoms with E-state index >= 15 is 0 Å². The molecule has 1 saturated heterocycles. The lowest BCUT2D eigenvalue weighted by atomic mass is 10.1. The molecule has 0 aromatic heterocycles. The molecule has 15 heavy (non-hydrogen) atoms. The zero-order valence-electron chi connectivity index (χ0n) is 9.20. The highest BCUT2D eigenvalue weighted by atomic mass is 16.5. The minimum atomic E-state index is 0.231. The Morgan fingerprint density at radius 1 is 1.53 bits per heavy atom. The van der Waals surface area contributed by atoms with Gasteiger partial charge in [-0.3, -0.25) is 0 Å². The highest BCUT2D eigenvalue weighted by Gasteiger charge is 2.21. The van der Waals surface area contributed by atoms with Crippen molar-refractivity contribution in [1.29, 1.82) is 0 Å². The lowest BCUT2D eigenvalue weighted by molar-refractivity contribution is 0.180. The van der Waals surface area contributed by atoms with Crippen molar-refractivity contribution < 1.29 is 4.74 Å². The third-order valence-corrected chi connectivity index (χ3v) is 2.89. The molecule has 0 spiro atoms. The highest BCUT2D eigenvalue weighted by Crippen LogP contribution is 2.18. The minimum Gasteiger partial charge on any atom is -0.489 e. The lowest BCUT2D eigenvalue weighted by Gasteiger charge is -2.21. The molecule has 0 amide bonds. The zero-order chi connectivity index (χ0) is 10.7. The van der Waals surface area contributed by atoms with Crippen LogP contribution in [0.1, 0.15) is 25.3 Å². The first-order chi connectivity index (χ1) is 7.25. The van der Waals surface area contributed by atoms with Gasteiger partial charge in [0, 0.05) is 6.04 Å². The fourth-order valence-electron chi connectivity index (χ4n) is 2.03. The summed E-state index contributed by atoms with van der Waals surface area (Å²) in [6, 6.07) is 8.42. The van der Waals surface area contributed by atoms with Crippen molar-refractivity contribution in [3.05, 3.63) is 36.8 Å². The standard InChI is InChI=1S/C13H18NO/c1-10-5-3-6-12(9-10)15-11(2)13-7-4-8-14-13/h3,5-6,9,11,13-14H,1,4,7-8H2,2H3. The van der Waals surface area contributed by atoms with E-state index in [2.05, 4.69) is 19.2 Å². The maximum Gasteiger partial charge on any atom is 0.120 e. The molecule has 2 atom stereocenters. The third kappa shape index (κ3) is 2.72. The van der Waals surface area contributed by atoms with Gasteiger partial charge in [-0.15, -0.1) is 0 Å². The second-order valence-corrected chi connectivity index (χ2v) is 4.17. The van der Waals surface area contributed by atoms with Crippen LogP contribution in [0.2, 0.25) is 0 Å². The van der Waals surface area contributed by atoms with Crippen molar-refractivity contribution in [2.75, 3.05) is 6.54 Å². The maximum absolute atomic E-state index is 5.88. The first-order valence-electron chi connectivity index (χ1n) is 5.58. The number of ether oxygens (including phenoxy) is 1. The van der Waals surface area contributed by atoms with Crippen LogP contribution in [0.15, 0.2) is 24.3 Å². The molecule has 1 aromatic carbocycles. The Bertz CT molecular complexity index is 318. The molecule has 1 aliphatic rings. The van der Waals surface area contributed by atoms with Crippen LogP contribution >= 0.6 is 0 Å². The smallest absolute Gasteiger partial charge is 0.120 e. The second-order valence-electron chi connectivity index (χ2n) is 4.17. The topological polar surface area (TPSA) is 21.3 Å². The fraction of sp³-hybridized carbons (Fsp3) is 0.462. The van der Waals surface area contributed by atoms with Crippen LogP contribution in [0.4, 0.5) is 0 Å². The second kappa shape index (κ2) is 4.67. The molecule has 1 heterocycles. The van der Waals surface area contributed by atoms with Crippen LogP contribution in [0.3, 0.4) is 0 Å². The summed E-state index contributed by atoms with van der Waals surface area (Å²) >= 11 is 0. The molecule has 1 fully saturated rings. The molecule has 1 radical (unpaired) electrons. The molecule has 2 heteroatoms. The van der Waals surface area contributed by atoms with Gasteiger partial charge in [-0.05, 0) is 50.9 Å². The van der Waals surface area contributed by atoms with Crippen LogP contribution in [0.25, 0.3) is 0 Å². The Kier molecular flexibility index (Phi) is 3.27. The summed E-state index contributed by atoms with van der Waals surface area (Å²) in [5.41, 5.74) is 0.999. The average molecular weight is 204 g/mol. The normalized spacial score (nSPS) is 22.7. The number of hydrogen-bond acceptors (Lipinski definition) is 2. The van der Waals surface area contributed by atoms with E-state index in [9.17, 15) is 0 Å². The van der Waals surface area contributed by atoms with Gasteiger partial charge in [-0.2, -0.15) is 0 Å². The Balaban J connectivity index is 1.95. The largest absolute Gasteiger partial charge is 0.489 e. The number of benzene rings is 1. The van der Waals surface area contributed by atoms with E-state index in [1.807, 2.05) is 24.3 Å². The molecular weight excluding hydrogens is 186 g/mol. The van der Waals surface area contributed by atoms with Gasteiger partial charge < -0.3 is 10.1 Å². The van der Waals surface area contributed by atoms with Crippen LogP contribution in [0, 0.1) is 6.92 Å². The molecule has 2 nitrogen and oxygen atoms in total. The van der Waals surface area contributed by atoms with E-state index < -0.39 is 0 Å². The van der Waals surface area contributed by atoms with Gasteiger partial charge in [-0.1, -0.05) is 12.1 Å². The van der Waals surface area contributed by atoms with E-state index in [0.717, 1.165) is 17.9 Å². The fourth-order valence-corrected chi connectivity index (χ4v) is 2.03. The lowest BCUT2D eigenvalue weighted by Crippen LogP contribution is -2.36. The molecule has 0 aliphatic carbocycles. The SMILES string of the molecule is [CH2]c1cccc(OC(C)C2CCCN2)c1. The number of nitrogens with one attached hydrogen (secondary N) is 1. The molecule has 1 aliphatic heterocycles. The van der Waals surface area contributed by atoms with Crippen LogP contribution < -0.4 is 10.1 Å². The van der Waals surface area contributed by atoms with Gasteiger partial charge in [-0.25, -0.2) is 0 Å². The summed E-state index contributed by atoms with van der Waals surface area (Å²) < 4.78 is 5.88. The predicted octanol–water partition coefficient (Wildman–Crippen LogP) is 2.39. The van der Waals surface area contributed by atoms with Gasteiger partial charge in [0.05, 0.1) is 0 Å². The zero-order valence-corrected chi connectivity index (χ0v) is 9.20. The first-order valence-corrected chi connectivity index (χ1v) is 5.58. The van der Waals surface area contributed by atoms with Crippen LogP contribution in [-0.2, 0) is 0 Å². The first kappa shape index (κ1) is 10.5. The van der Waals surface area contributed by atoms with E-state index in [1.165, 1.54) is 12.8 Å². The van der Waals surface area contributed by atoms with E-state index in [-0.39, 0.29) is 6.10 Å². The van der Waals surface area contributed by atoms with Gasteiger partial charge in [0.2, 0.25) is 0 Å². The number of rotatable bonds is 3. The quantitative estimate of drug-likeness (QED) is 0.816. The van der Waals surface area contributed by atoms with Crippen molar-refractivity contribution in [3.8, 4) is 5.75 Å². The molecule has 1 aromatic rings. The highest BCUT2D eigenvalue weighted by molar-refractivity contribution is 5.30. The Morgan fingerprint density at radius 3 is 3.07 bits per heavy atom. The van der Waals surface area contributed by atoms with Crippen molar-refractivity contribution in [3.63, 3.8) is 0 Å². The third-order valence-electron chi connectivity index (χ3n) is 2.89. The minimum absolute atomic E-state index is 0.231. The van der Waals surface area contributed by atoms with E-state index in [0.29, 0.717) is 6.04 Å². The van der Waals surface area contributed by atoms with Gasteiger partial charge in [0.1, 0.15) is 11.9 Å².